The van der Waals surface area contributed by atoms with Crippen LogP contribution in [-0.4, -0.2) is 12.1 Å². The van der Waals surface area contributed by atoms with Crippen molar-refractivity contribution >= 4 is 5.69 Å². The molecule has 74 valence electrons. The molecular weight excluding hydrogens is 176 g/mol. The highest BCUT2D eigenvalue weighted by Gasteiger charge is 1.99. The average Bonchev–Trinajstić information content (AvgIpc) is 2.16. The van der Waals surface area contributed by atoms with Crippen LogP contribution in [0.25, 0.3) is 0 Å². The van der Waals surface area contributed by atoms with E-state index in [0.29, 0.717) is 17.5 Å². The van der Waals surface area contributed by atoms with Gasteiger partial charge < -0.3 is 10.5 Å². The highest BCUT2D eigenvalue weighted by molar-refractivity contribution is 5.55. The summed E-state index contributed by atoms with van der Waals surface area (Å²) >= 11 is 0. The zero-order chi connectivity index (χ0) is 10.6. The highest BCUT2D eigenvalue weighted by atomic mass is 16.5. The van der Waals surface area contributed by atoms with Gasteiger partial charge in [-0.05, 0) is 0 Å². The van der Waals surface area contributed by atoms with Gasteiger partial charge in [-0.2, -0.15) is 0 Å². The first-order chi connectivity index (χ1) is 6.63. The van der Waals surface area contributed by atoms with Crippen molar-refractivity contribution in [1.29, 1.82) is 0 Å². The molecule has 1 aromatic rings. The minimum Gasteiger partial charge on any atom is -0.481 e. The zero-order valence-electron chi connectivity index (χ0n) is 8.66. The molecule has 0 amide bonds. The van der Waals surface area contributed by atoms with Crippen molar-refractivity contribution in [2.24, 2.45) is 5.92 Å². The second-order valence-electron chi connectivity index (χ2n) is 3.24. The molecular formula is C11H14N2O. The van der Waals surface area contributed by atoms with Crippen molar-refractivity contribution in [3.05, 3.63) is 17.8 Å². The number of nitrogens with zero attached hydrogens (tertiary/aromatic N) is 1. The topological polar surface area (TPSA) is 48.1 Å². The number of methoxy groups -OCH3 is 1. The molecule has 0 spiro atoms. The predicted molar refractivity (Wildman–Crippen MR) is 56.9 cm³/mol. The van der Waals surface area contributed by atoms with E-state index >= 15 is 0 Å². The summed E-state index contributed by atoms with van der Waals surface area (Å²) in [6.07, 6.45) is 1.56. The van der Waals surface area contributed by atoms with Gasteiger partial charge in [-0.3, -0.25) is 0 Å². The van der Waals surface area contributed by atoms with Crippen LogP contribution in [0.3, 0.4) is 0 Å². The quantitative estimate of drug-likeness (QED) is 0.685. The lowest BCUT2D eigenvalue weighted by Gasteiger charge is -2.01. The maximum atomic E-state index is 5.71. The first-order valence-electron chi connectivity index (χ1n) is 4.44. The second kappa shape index (κ2) is 4.52. The molecule has 0 fully saturated rings. The van der Waals surface area contributed by atoms with Crippen molar-refractivity contribution in [2.75, 3.05) is 12.8 Å². The average molecular weight is 190 g/mol. The maximum absolute atomic E-state index is 5.71. The Hall–Kier alpha value is -1.69. The first-order valence-corrected chi connectivity index (χ1v) is 4.44. The maximum Gasteiger partial charge on any atom is 0.214 e. The highest BCUT2D eigenvalue weighted by Crippen LogP contribution is 2.14. The smallest absolute Gasteiger partial charge is 0.214 e. The molecule has 2 N–H and O–H groups in total. The fraction of sp³-hybridized carbons (Fsp3) is 0.364. The summed E-state index contributed by atoms with van der Waals surface area (Å²) < 4.78 is 4.98. The van der Waals surface area contributed by atoms with Crippen LogP contribution in [0.2, 0.25) is 0 Å². The number of ether oxygens (including phenoxy) is 1. The molecule has 0 aliphatic rings. The van der Waals surface area contributed by atoms with Gasteiger partial charge in [0.1, 0.15) is 0 Å². The van der Waals surface area contributed by atoms with Crippen LogP contribution in [0, 0.1) is 17.8 Å². The van der Waals surface area contributed by atoms with Gasteiger partial charge in [0.05, 0.1) is 24.6 Å². The van der Waals surface area contributed by atoms with E-state index in [4.69, 9.17) is 10.5 Å². The van der Waals surface area contributed by atoms with Crippen LogP contribution in [0.1, 0.15) is 19.4 Å². The number of nitrogen functional groups attached to an aromatic ring is 1. The minimum atomic E-state index is 0.327. The zero-order valence-corrected chi connectivity index (χ0v) is 8.66. The van der Waals surface area contributed by atoms with E-state index < -0.39 is 0 Å². The Kier molecular flexibility index (Phi) is 3.35. The van der Waals surface area contributed by atoms with E-state index in [0.717, 1.165) is 5.56 Å². The third-order valence-corrected chi connectivity index (χ3v) is 1.61. The molecule has 1 aromatic heterocycles. The normalized spacial score (nSPS) is 9.43. The number of pyridine rings is 1. The molecule has 0 bridgehead atoms. The minimum absolute atomic E-state index is 0.327. The van der Waals surface area contributed by atoms with Gasteiger partial charge in [-0.25, -0.2) is 4.98 Å². The van der Waals surface area contributed by atoms with E-state index in [1.165, 1.54) is 0 Å². The Labute approximate surface area is 84.3 Å². The lowest BCUT2D eigenvalue weighted by molar-refractivity contribution is 0.398. The van der Waals surface area contributed by atoms with Gasteiger partial charge in [0.2, 0.25) is 5.88 Å². The lowest BCUT2D eigenvalue weighted by atomic mass is 10.2. The number of hydrogen-bond donors (Lipinski definition) is 1. The summed E-state index contributed by atoms with van der Waals surface area (Å²) in [6, 6.07) is 1.74. The summed E-state index contributed by atoms with van der Waals surface area (Å²) in [5, 5.41) is 0. The Morgan fingerprint density at radius 1 is 1.50 bits per heavy atom. The number of anilines is 1. The lowest BCUT2D eigenvalue weighted by Crippen LogP contribution is -1.95. The monoisotopic (exact) mass is 190 g/mol. The molecule has 3 nitrogen and oxygen atoms in total. The second-order valence-corrected chi connectivity index (χ2v) is 3.24. The molecule has 0 unspecified atom stereocenters. The molecule has 0 aliphatic heterocycles. The van der Waals surface area contributed by atoms with Crippen molar-refractivity contribution in [1.82, 2.24) is 4.98 Å². The Bertz CT molecular complexity index is 375. The van der Waals surface area contributed by atoms with Crippen LogP contribution >= 0.6 is 0 Å². The molecule has 0 aromatic carbocycles. The van der Waals surface area contributed by atoms with Crippen molar-refractivity contribution < 1.29 is 4.74 Å². The number of aromatic nitrogens is 1. The van der Waals surface area contributed by atoms with E-state index in [1.54, 1.807) is 19.4 Å². The summed E-state index contributed by atoms with van der Waals surface area (Å²) in [5.74, 6) is 6.89. The summed E-state index contributed by atoms with van der Waals surface area (Å²) in [7, 11) is 1.57. The summed E-state index contributed by atoms with van der Waals surface area (Å²) in [5.41, 5.74) is 7.06. The van der Waals surface area contributed by atoms with Gasteiger partial charge in [-0.15, -0.1) is 0 Å². The number of nitrogens with two attached hydrogens (primary N) is 1. The fourth-order valence-corrected chi connectivity index (χ4v) is 0.889. The molecule has 1 heterocycles. The van der Waals surface area contributed by atoms with Crippen molar-refractivity contribution in [2.45, 2.75) is 13.8 Å². The third kappa shape index (κ3) is 2.67. The van der Waals surface area contributed by atoms with Crippen LogP contribution in [0.4, 0.5) is 5.69 Å². The Morgan fingerprint density at radius 3 is 2.79 bits per heavy atom. The molecule has 0 atom stereocenters. The third-order valence-electron chi connectivity index (χ3n) is 1.61. The molecule has 0 saturated carbocycles. The molecule has 0 radical (unpaired) electrons. The molecule has 14 heavy (non-hydrogen) atoms. The first kappa shape index (κ1) is 10.4. The standard InChI is InChI=1S/C11H14N2O/c1-8(2)4-5-9-6-11(14-3)13-7-10(9)12/h6-8H,12H2,1-3H3. The largest absolute Gasteiger partial charge is 0.481 e. The summed E-state index contributed by atoms with van der Waals surface area (Å²) in [4.78, 5) is 3.97. The predicted octanol–water partition coefficient (Wildman–Crippen LogP) is 1.68. The molecule has 3 heteroatoms. The summed E-state index contributed by atoms with van der Waals surface area (Å²) in [6.45, 7) is 4.06. The van der Waals surface area contributed by atoms with E-state index in [2.05, 4.69) is 16.8 Å². The SMILES string of the molecule is COc1cc(C#CC(C)C)c(N)cn1. The van der Waals surface area contributed by atoms with Gasteiger partial charge in [0.25, 0.3) is 0 Å². The number of rotatable bonds is 1. The van der Waals surface area contributed by atoms with Gasteiger partial charge >= 0.3 is 0 Å². The Balaban J connectivity index is 3.02. The molecule has 0 saturated heterocycles. The van der Waals surface area contributed by atoms with E-state index in [-0.39, 0.29) is 0 Å². The van der Waals surface area contributed by atoms with Crippen LogP contribution < -0.4 is 10.5 Å². The van der Waals surface area contributed by atoms with Crippen LogP contribution in [-0.2, 0) is 0 Å². The van der Waals surface area contributed by atoms with Gasteiger partial charge in [0.15, 0.2) is 0 Å². The van der Waals surface area contributed by atoms with E-state index in [1.807, 2.05) is 13.8 Å². The van der Waals surface area contributed by atoms with Crippen LogP contribution in [0.5, 0.6) is 5.88 Å². The Morgan fingerprint density at radius 2 is 2.21 bits per heavy atom. The molecule has 0 aliphatic carbocycles. The van der Waals surface area contributed by atoms with Crippen molar-refractivity contribution in [3.63, 3.8) is 0 Å². The fourth-order valence-electron chi connectivity index (χ4n) is 0.889. The van der Waals surface area contributed by atoms with Crippen molar-refractivity contribution in [3.8, 4) is 17.7 Å². The van der Waals surface area contributed by atoms with Crippen LogP contribution in [0.15, 0.2) is 12.3 Å². The van der Waals surface area contributed by atoms with E-state index in [9.17, 15) is 0 Å². The number of hydrogen-bond acceptors (Lipinski definition) is 3. The molecule has 1 rings (SSSR count). The van der Waals surface area contributed by atoms with Gasteiger partial charge in [-0.1, -0.05) is 25.7 Å². The van der Waals surface area contributed by atoms with Gasteiger partial charge in [0, 0.05) is 12.0 Å².